The Morgan fingerprint density at radius 1 is 1.38 bits per heavy atom. The maximum Gasteiger partial charge on any atom is 0.150 e. The van der Waals surface area contributed by atoms with E-state index in [9.17, 15) is 0 Å². The van der Waals surface area contributed by atoms with Gasteiger partial charge in [0.2, 0.25) is 0 Å². The van der Waals surface area contributed by atoms with Crippen molar-refractivity contribution >= 4 is 0 Å². The number of aromatic nitrogens is 3. The second-order valence-corrected chi connectivity index (χ2v) is 3.98. The maximum atomic E-state index is 4.21. The largest absolute Gasteiger partial charge is 0.313 e. The second-order valence-electron chi connectivity index (χ2n) is 3.98. The number of nitrogens with zero attached hydrogens (tertiary/aromatic N) is 3. The van der Waals surface area contributed by atoms with Crippen molar-refractivity contribution in [2.45, 2.75) is 37.8 Å². The molecule has 4 nitrogen and oxygen atoms in total. The minimum Gasteiger partial charge on any atom is -0.313 e. The van der Waals surface area contributed by atoms with E-state index in [0.29, 0.717) is 12.1 Å². The van der Waals surface area contributed by atoms with Gasteiger partial charge in [-0.3, -0.25) is 0 Å². The van der Waals surface area contributed by atoms with Crippen molar-refractivity contribution in [3.8, 4) is 0 Å². The molecular formula is C9H14N4. The Morgan fingerprint density at radius 2 is 2.31 bits per heavy atom. The van der Waals surface area contributed by atoms with E-state index in [0.717, 1.165) is 12.4 Å². The molecule has 1 aromatic rings. The maximum absolute atomic E-state index is 4.21. The lowest BCUT2D eigenvalue weighted by Gasteiger charge is -2.10. The van der Waals surface area contributed by atoms with Crippen molar-refractivity contribution in [2.24, 2.45) is 0 Å². The van der Waals surface area contributed by atoms with Crippen molar-refractivity contribution in [1.29, 1.82) is 0 Å². The first kappa shape index (κ1) is 7.50. The lowest BCUT2D eigenvalue weighted by molar-refractivity contribution is 0.552. The lowest BCUT2D eigenvalue weighted by atomic mass is 10.2. The van der Waals surface area contributed by atoms with Gasteiger partial charge in [0.25, 0.3) is 0 Å². The molecule has 1 aliphatic carbocycles. The van der Waals surface area contributed by atoms with E-state index in [1.165, 1.54) is 25.7 Å². The molecule has 70 valence electrons. The Bertz CT molecular complexity index is 296. The summed E-state index contributed by atoms with van der Waals surface area (Å²) in [5.74, 6) is 1.15. The highest BCUT2D eigenvalue weighted by atomic mass is 15.3. The lowest BCUT2D eigenvalue weighted by Crippen LogP contribution is -2.17. The molecule has 1 aromatic heterocycles. The third-order valence-electron chi connectivity index (χ3n) is 2.91. The molecule has 0 unspecified atom stereocenters. The fourth-order valence-corrected chi connectivity index (χ4v) is 2.04. The summed E-state index contributed by atoms with van der Waals surface area (Å²) in [7, 11) is 0. The Labute approximate surface area is 77.4 Å². The van der Waals surface area contributed by atoms with Crippen LogP contribution in [0.4, 0.5) is 0 Å². The molecule has 0 bridgehead atoms. The van der Waals surface area contributed by atoms with E-state index in [4.69, 9.17) is 0 Å². The van der Waals surface area contributed by atoms with Gasteiger partial charge in [0.1, 0.15) is 12.2 Å². The van der Waals surface area contributed by atoms with Gasteiger partial charge in [0.05, 0.1) is 6.04 Å². The van der Waals surface area contributed by atoms with Gasteiger partial charge < -0.3 is 9.88 Å². The fourth-order valence-electron chi connectivity index (χ4n) is 2.04. The molecule has 13 heavy (non-hydrogen) atoms. The standard InChI is InChI=1S/C9H14N4/c1-2-8(10-5-1)9-12-11-6-13(9)7-3-4-7/h6-8,10H,1-5H2/t8-/m0/s1. The zero-order valence-electron chi connectivity index (χ0n) is 7.61. The Kier molecular flexibility index (Phi) is 1.62. The van der Waals surface area contributed by atoms with Gasteiger partial charge in [-0.15, -0.1) is 10.2 Å². The Hall–Kier alpha value is -0.900. The summed E-state index contributed by atoms with van der Waals surface area (Å²) >= 11 is 0. The summed E-state index contributed by atoms with van der Waals surface area (Å²) < 4.78 is 2.25. The van der Waals surface area contributed by atoms with Crippen molar-refractivity contribution in [3.05, 3.63) is 12.2 Å². The topological polar surface area (TPSA) is 42.7 Å². The van der Waals surface area contributed by atoms with Crippen LogP contribution in [0, 0.1) is 0 Å². The summed E-state index contributed by atoms with van der Waals surface area (Å²) in [6.45, 7) is 1.13. The molecule has 1 saturated heterocycles. The van der Waals surface area contributed by atoms with Crippen molar-refractivity contribution in [2.75, 3.05) is 6.54 Å². The van der Waals surface area contributed by atoms with Crippen LogP contribution in [0.25, 0.3) is 0 Å². The van der Waals surface area contributed by atoms with E-state index in [1.54, 1.807) is 0 Å². The van der Waals surface area contributed by atoms with Crippen LogP contribution in [-0.4, -0.2) is 21.3 Å². The molecule has 3 rings (SSSR count). The molecular weight excluding hydrogens is 164 g/mol. The predicted molar refractivity (Wildman–Crippen MR) is 48.3 cm³/mol. The van der Waals surface area contributed by atoms with Crippen LogP contribution in [0.15, 0.2) is 6.33 Å². The second kappa shape index (κ2) is 2.80. The SMILES string of the molecule is c1nnc([C@@H]2CCCN2)n1C1CC1. The summed E-state index contributed by atoms with van der Waals surface area (Å²) in [4.78, 5) is 0. The first-order valence-corrected chi connectivity index (χ1v) is 5.08. The van der Waals surface area contributed by atoms with Crippen molar-refractivity contribution in [1.82, 2.24) is 20.1 Å². The molecule has 2 aliphatic rings. The average Bonchev–Trinajstić information content (AvgIpc) is 2.72. The average molecular weight is 178 g/mol. The molecule has 2 heterocycles. The quantitative estimate of drug-likeness (QED) is 0.735. The van der Waals surface area contributed by atoms with Crippen LogP contribution in [0.2, 0.25) is 0 Å². The zero-order chi connectivity index (χ0) is 8.67. The minimum absolute atomic E-state index is 0.461. The summed E-state index contributed by atoms with van der Waals surface area (Å²) in [6.07, 6.45) is 6.97. The smallest absolute Gasteiger partial charge is 0.150 e. The van der Waals surface area contributed by atoms with E-state index in [-0.39, 0.29) is 0 Å². The van der Waals surface area contributed by atoms with E-state index in [2.05, 4.69) is 20.1 Å². The van der Waals surface area contributed by atoms with E-state index < -0.39 is 0 Å². The highest BCUT2D eigenvalue weighted by Gasteiger charge is 2.29. The zero-order valence-corrected chi connectivity index (χ0v) is 7.61. The predicted octanol–water partition coefficient (Wildman–Crippen LogP) is 1.04. The van der Waals surface area contributed by atoms with Crippen LogP contribution >= 0.6 is 0 Å². The molecule has 0 aromatic carbocycles. The molecule has 0 amide bonds. The van der Waals surface area contributed by atoms with Crippen LogP contribution in [0.3, 0.4) is 0 Å². The monoisotopic (exact) mass is 178 g/mol. The summed E-state index contributed by atoms with van der Waals surface area (Å²) in [5, 5.41) is 11.7. The van der Waals surface area contributed by atoms with E-state index >= 15 is 0 Å². The number of rotatable bonds is 2. The van der Waals surface area contributed by atoms with Crippen LogP contribution in [0.5, 0.6) is 0 Å². The third-order valence-corrected chi connectivity index (χ3v) is 2.91. The van der Waals surface area contributed by atoms with Gasteiger partial charge in [0.15, 0.2) is 0 Å². The minimum atomic E-state index is 0.461. The molecule has 0 spiro atoms. The highest BCUT2D eigenvalue weighted by Crippen LogP contribution is 2.37. The molecule has 0 radical (unpaired) electrons. The molecule has 1 atom stereocenters. The van der Waals surface area contributed by atoms with Crippen molar-refractivity contribution < 1.29 is 0 Å². The van der Waals surface area contributed by atoms with Crippen molar-refractivity contribution in [3.63, 3.8) is 0 Å². The number of nitrogens with one attached hydrogen (secondary N) is 1. The first-order valence-electron chi connectivity index (χ1n) is 5.08. The Morgan fingerprint density at radius 3 is 3.00 bits per heavy atom. The highest BCUT2D eigenvalue weighted by molar-refractivity contribution is 5.02. The molecule has 1 aliphatic heterocycles. The molecule has 1 saturated carbocycles. The number of hydrogen-bond donors (Lipinski definition) is 1. The van der Waals surface area contributed by atoms with Crippen LogP contribution in [0.1, 0.15) is 43.6 Å². The summed E-state index contributed by atoms with van der Waals surface area (Å²) in [6, 6.07) is 1.16. The van der Waals surface area contributed by atoms with Crippen LogP contribution < -0.4 is 5.32 Å². The van der Waals surface area contributed by atoms with Gasteiger partial charge in [-0.25, -0.2) is 0 Å². The fraction of sp³-hybridized carbons (Fsp3) is 0.778. The van der Waals surface area contributed by atoms with Gasteiger partial charge >= 0.3 is 0 Å². The summed E-state index contributed by atoms with van der Waals surface area (Å²) in [5.41, 5.74) is 0. The molecule has 2 fully saturated rings. The van der Waals surface area contributed by atoms with Gasteiger partial charge in [-0.1, -0.05) is 0 Å². The molecule has 4 heteroatoms. The third kappa shape index (κ3) is 1.25. The first-order chi connectivity index (χ1) is 6.45. The van der Waals surface area contributed by atoms with Gasteiger partial charge in [-0.2, -0.15) is 0 Å². The Balaban J connectivity index is 1.88. The van der Waals surface area contributed by atoms with Gasteiger partial charge in [-0.05, 0) is 32.2 Å². The number of hydrogen-bond acceptors (Lipinski definition) is 3. The molecule has 1 N–H and O–H groups in total. The van der Waals surface area contributed by atoms with Crippen LogP contribution in [-0.2, 0) is 0 Å². The van der Waals surface area contributed by atoms with Gasteiger partial charge in [0, 0.05) is 6.04 Å². The van der Waals surface area contributed by atoms with E-state index in [1.807, 2.05) is 6.33 Å². The normalized spacial score (nSPS) is 28.2.